The number of ether oxygens (including phenoxy) is 3. The first-order chi connectivity index (χ1) is 14.2. The Labute approximate surface area is 174 Å². The molecule has 0 fully saturated rings. The summed E-state index contributed by atoms with van der Waals surface area (Å²) in [5, 5.41) is 2.03. The highest BCUT2D eigenvalue weighted by Crippen LogP contribution is 2.31. The number of anilines is 1. The highest BCUT2D eigenvalue weighted by atomic mass is 32.1. The van der Waals surface area contributed by atoms with Crippen molar-refractivity contribution in [2.45, 2.75) is 19.4 Å². The third-order valence-electron chi connectivity index (χ3n) is 4.81. The van der Waals surface area contributed by atoms with Crippen molar-refractivity contribution >= 4 is 22.9 Å². The molecule has 0 unspecified atom stereocenters. The number of hydrogen-bond acceptors (Lipinski definition) is 5. The maximum absolute atomic E-state index is 13.1. The zero-order chi connectivity index (χ0) is 20.1. The van der Waals surface area contributed by atoms with Gasteiger partial charge in [-0.3, -0.25) is 4.79 Å². The van der Waals surface area contributed by atoms with Gasteiger partial charge in [-0.1, -0.05) is 12.1 Å². The minimum absolute atomic E-state index is 0.0819. The molecule has 0 spiro atoms. The summed E-state index contributed by atoms with van der Waals surface area (Å²) in [6.45, 7) is 1.69. The maximum atomic E-state index is 13.1. The summed E-state index contributed by atoms with van der Waals surface area (Å²) in [6.07, 6.45) is 1.06. The maximum Gasteiger partial charge on any atom is 0.227 e. The Kier molecular flexibility index (Phi) is 6.00. The summed E-state index contributed by atoms with van der Waals surface area (Å²) >= 11 is 1.65. The average Bonchev–Trinajstić information content (AvgIpc) is 3.29. The zero-order valence-corrected chi connectivity index (χ0v) is 17.1. The monoisotopic (exact) mass is 409 g/mol. The predicted molar refractivity (Wildman–Crippen MR) is 114 cm³/mol. The van der Waals surface area contributed by atoms with Crippen LogP contribution in [0.25, 0.3) is 0 Å². The summed E-state index contributed by atoms with van der Waals surface area (Å²) < 4.78 is 16.5. The van der Waals surface area contributed by atoms with Crippen LogP contribution in [0.4, 0.5) is 5.69 Å². The number of carbonyl (C=O) groups is 1. The summed E-state index contributed by atoms with van der Waals surface area (Å²) in [5.74, 6) is 2.38. The zero-order valence-electron chi connectivity index (χ0n) is 16.3. The van der Waals surface area contributed by atoms with Gasteiger partial charge >= 0.3 is 0 Å². The van der Waals surface area contributed by atoms with Crippen molar-refractivity contribution in [1.29, 1.82) is 0 Å². The molecule has 6 heteroatoms. The molecule has 150 valence electrons. The third-order valence-corrected chi connectivity index (χ3v) is 5.67. The van der Waals surface area contributed by atoms with Crippen LogP contribution in [0.2, 0.25) is 0 Å². The highest BCUT2D eigenvalue weighted by molar-refractivity contribution is 7.09. The number of carbonyl (C=O) groups excluding carboxylic acids is 1. The first-order valence-electron chi connectivity index (χ1n) is 9.58. The van der Waals surface area contributed by atoms with E-state index in [2.05, 4.69) is 6.07 Å². The van der Waals surface area contributed by atoms with Gasteiger partial charge in [0.15, 0.2) is 11.5 Å². The fourth-order valence-electron chi connectivity index (χ4n) is 3.27. The van der Waals surface area contributed by atoms with Crippen LogP contribution in [0.1, 0.15) is 16.9 Å². The Bertz CT molecular complexity index is 954. The normalized spacial score (nSPS) is 12.4. The molecular weight excluding hydrogens is 386 g/mol. The standard InChI is InChI=1S/C23H23NO4S/c1-26-19-8-6-18(7-9-19)24(16-20-3-2-14-29-20)23(25)11-5-17-4-10-21-22(15-17)28-13-12-27-21/h2-4,6-10,14-15H,5,11-13,16H2,1H3. The van der Waals surface area contributed by atoms with E-state index in [-0.39, 0.29) is 5.91 Å². The van der Waals surface area contributed by atoms with E-state index >= 15 is 0 Å². The lowest BCUT2D eigenvalue weighted by Crippen LogP contribution is -2.30. The Morgan fingerprint density at radius 1 is 1.07 bits per heavy atom. The fourth-order valence-corrected chi connectivity index (χ4v) is 3.97. The van der Waals surface area contributed by atoms with Crippen LogP contribution in [-0.4, -0.2) is 26.2 Å². The Hall–Kier alpha value is -2.99. The summed E-state index contributed by atoms with van der Waals surface area (Å²) in [6, 6.07) is 17.6. The Morgan fingerprint density at radius 3 is 2.59 bits per heavy atom. The minimum atomic E-state index is 0.0819. The van der Waals surface area contributed by atoms with E-state index in [0.717, 1.165) is 33.4 Å². The van der Waals surface area contributed by atoms with Crippen LogP contribution in [0, 0.1) is 0 Å². The number of hydrogen-bond donors (Lipinski definition) is 0. The number of nitrogens with zero attached hydrogens (tertiary/aromatic N) is 1. The third kappa shape index (κ3) is 4.71. The summed E-state index contributed by atoms with van der Waals surface area (Å²) in [5.41, 5.74) is 1.93. The quantitative estimate of drug-likeness (QED) is 0.568. The molecule has 0 radical (unpaired) electrons. The van der Waals surface area contributed by atoms with Crippen LogP contribution >= 0.6 is 11.3 Å². The molecular formula is C23H23NO4S. The summed E-state index contributed by atoms with van der Waals surface area (Å²) in [7, 11) is 1.64. The Balaban J connectivity index is 1.48. The highest BCUT2D eigenvalue weighted by Gasteiger charge is 2.18. The topological polar surface area (TPSA) is 48.0 Å². The molecule has 0 atom stereocenters. The molecule has 1 aliphatic rings. The molecule has 0 aliphatic carbocycles. The van der Waals surface area contributed by atoms with Gasteiger partial charge in [0.2, 0.25) is 5.91 Å². The van der Waals surface area contributed by atoms with E-state index in [1.165, 1.54) is 0 Å². The molecule has 5 nitrogen and oxygen atoms in total. The molecule has 0 N–H and O–H groups in total. The van der Waals surface area contributed by atoms with Crippen molar-refractivity contribution in [1.82, 2.24) is 0 Å². The second-order valence-electron chi connectivity index (χ2n) is 6.74. The predicted octanol–water partition coefficient (Wildman–Crippen LogP) is 4.69. The van der Waals surface area contributed by atoms with Gasteiger partial charge in [-0.2, -0.15) is 0 Å². The lowest BCUT2D eigenvalue weighted by Gasteiger charge is -2.23. The van der Waals surface area contributed by atoms with Crippen molar-refractivity contribution in [3.63, 3.8) is 0 Å². The van der Waals surface area contributed by atoms with Crippen molar-refractivity contribution in [3.05, 3.63) is 70.4 Å². The van der Waals surface area contributed by atoms with E-state index < -0.39 is 0 Å². The molecule has 1 aromatic heterocycles. The number of fused-ring (bicyclic) bond motifs is 1. The van der Waals surface area contributed by atoms with Crippen molar-refractivity contribution in [3.8, 4) is 17.2 Å². The van der Waals surface area contributed by atoms with Gasteiger partial charge < -0.3 is 19.1 Å². The first-order valence-corrected chi connectivity index (χ1v) is 10.5. The van der Waals surface area contributed by atoms with E-state index in [1.807, 2.05) is 58.8 Å². The van der Waals surface area contributed by atoms with Gasteiger partial charge in [-0.15, -0.1) is 11.3 Å². The van der Waals surface area contributed by atoms with Crippen LogP contribution in [0.3, 0.4) is 0 Å². The molecule has 2 aromatic carbocycles. The van der Waals surface area contributed by atoms with Crippen LogP contribution in [-0.2, 0) is 17.8 Å². The number of benzene rings is 2. The number of rotatable bonds is 7. The molecule has 4 rings (SSSR count). The van der Waals surface area contributed by atoms with Gasteiger partial charge in [0.25, 0.3) is 0 Å². The van der Waals surface area contributed by atoms with Gasteiger partial charge in [-0.25, -0.2) is 0 Å². The molecule has 0 bridgehead atoms. The molecule has 1 amide bonds. The molecule has 3 aromatic rings. The van der Waals surface area contributed by atoms with Crippen molar-refractivity contribution in [2.75, 3.05) is 25.2 Å². The van der Waals surface area contributed by atoms with Crippen LogP contribution < -0.4 is 19.1 Å². The van der Waals surface area contributed by atoms with Gasteiger partial charge in [0, 0.05) is 17.0 Å². The number of thiophene rings is 1. The van der Waals surface area contributed by atoms with Gasteiger partial charge in [0.1, 0.15) is 19.0 Å². The first kappa shape index (κ1) is 19.3. The minimum Gasteiger partial charge on any atom is -0.497 e. The largest absolute Gasteiger partial charge is 0.497 e. The molecule has 0 saturated heterocycles. The number of aryl methyl sites for hydroxylation is 1. The van der Waals surface area contributed by atoms with Gasteiger partial charge in [-0.05, 0) is 59.8 Å². The number of amides is 1. The molecule has 0 saturated carbocycles. The van der Waals surface area contributed by atoms with Crippen molar-refractivity contribution in [2.24, 2.45) is 0 Å². The van der Waals surface area contributed by atoms with Crippen molar-refractivity contribution < 1.29 is 19.0 Å². The average molecular weight is 410 g/mol. The molecule has 29 heavy (non-hydrogen) atoms. The van der Waals surface area contributed by atoms with Crippen LogP contribution in [0.5, 0.6) is 17.2 Å². The van der Waals surface area contributed by atoms with E-state index in [9.17, 15) is 4.79 Å². The lowest BCUT2D eigenvalue weighted by atomic mass is 10.1. The second-order valence-corrected chi connectivity index (χ2v) is 7.77. The SMILES string of the molecule is COc1ccc(N(Cc2cccs2)C(=O)CCc2ccc3c(c2)OCCO3)cc1. The smallest absolute Gasteiger partial charge is 0.227 e. The lowest BCUT2D eigenvalue weighted by molar-refractivity contribution is -0.118. The van der Waals surface area contributed by atoms with Gasteiger partial charge in [0.05, 0.1) is 13.7 Å². The fraction of sp³-hybridized carbons (Fsp3) is 0.261. The molecule has 2 heterocycles. The number of methoxy groups -OCH3 is 1. The van der Waals surface area contributed by atoms with E-state index in [4.69, 9.17) is 14.2 Å². The van der Waals surface area contributed by atoms with E-state index in [0.29, 0.717) is 32.6 Å². The molecule has 1 aliphatic heterocycles. The van der Waals surface area contributed by atoms with Crippen LogP contribution in [0.15, 0.2) is 60.0 Å². The Morgan fingerprint density at radius 2 is 1.86 bits per heavy atom. The second kappa shape index (κ2) is 9.01. The van der Waals surface area contributed by atoms with E-state index in [1.54, 1.807) is 18.4 Å². The summed E-state index contributed by atoms with van der Waals surface area (Å²) in [4.78, 5) is 16.1.